The van der Waals surface area contributed by atoms with Crippen LogP contribution in [0.2, 0.25) is 0 Å². The highest BCUT2D eigenvalue weighted by atomic mass is 32.2. The summed E-state index contributed by atoms with van der Waals surface area (Å²) in [6.07, 6.45) is 4.94. The molecule has 6 nitrogen and oxygen atoms in total. The van der Waals surface area contributed by atoms with Crippen molar-refractivity contribution in [2.45, 2.75) is 37.0 Å². The van der Waals surface area contributed by atoms with Crippen LogP contribution in [0, 0.1) is 11.8 Å². The Hall–Kier alpha value is -1.44. The first-order chi connectivity index (χ1) is 13.1. The molecule has 2 atom stereocenters. The van der Waals surface area contributed by atoms with Gasteiger partial charge in [0.25, 0.3) is 5.91 Å². The van der Waals surface area contributed by atoms with Gasteiger partial charge in [-0.05, 0) is 68.8 Å². The van der Waals surface area contributed by atoms with Gasteiger partial charge in [0.15, 0.2) is 0 Å². The second-order valence-electron chi connectivity index (χ2n) is 8.04. The van der Waals surface area contributed by atoms with Crippen LogP contribution in [0.1, 0.15) is 42.5 Å². The molecule has 3 fully saturated rings. The lowest BCUT2D eigenvalue weighted by Crippen LogP contribution is -2.36. The van der Waals surface area contributed by atoms with E-state index in [4.69, 9.17) is 0 Å². The van der Waals surface area contributed by atoms with Crippen LogP contribution in [-0.4, -0.2) is 62.8 Å². The number of piperidine rings is 1. The van der Waals surface area contributed by atoms with E-state index in [-0.39, 0.29) is 10.8 Å². The third kappa shape index (κ3) is 3.91. The number of likely N-dealkylation sites (tertiary alicyclic amines) is 1. The molecule has 4 rings (SSSR count). The Labute approximate surface area is 162 Å². The monoisotopic (exact) mass is 391 g/mol. The molecule has 0 spiro atoms. The minimum Gasteiger partial charge on any atom is -0.339 e. The molecule has 3 aliphatic heterocycles. The molecule has 3 aliphatic rings. The zero-order valence-electron chi connectivity index (χ0n) is 15.8. The first kappa shape index (κ1) is 18.9. The average Bonchev–Trinajstić information content (AvgIpc) is 3.06. The van der Waals surface area contributed by atoms with Gasteiger partial charge in [0.2, 0.25) is 10.0 Å². The van der Waals surface area contributed by atoms with E-state index in [1.807, 2.05) is 4.90 Å². The predicted molar refractivity (Wildman–Crippen MR) is 104 cm³/mol. The van der Waals surface area contributed by atoms with Gasteiger partial charge in [-0.2, -0.15) is 4.31 Å². The molecular weight excluding hydrogens is 362 g/mol. The minimum absolute atomic E-state index is 0.0429. The van der Waals surface area contributed by atoms with Gasteiger partial charge in [0, 0.05) is 31.7 Å². The van der Waals surface area contributed by atoms with Gasteiger partial charge in [0.05, 0.1) is 4.90 Å². The average molecular weight is 392 g/mol. The number of nitrogens with one attached hydrogen (secondary N) is 1. The highest BCUT2D eigenvalue weighted by Crippen LogP contribution is 2.28. The number of sulfonamides is 1. The number of hydrogen-bond donors (Lipinski definition) is 1. The SMILES string of the molecule is O=C(c1cccc(S(=O)(=O)N2CCCCC2)c1)N1CC[C@@H]2CNC[C@@H]2CC1. The Morgan fingerprint density at radius 1 is 0.963 bits per heavy atom. The fourth-order valence-electron chi connectivity index (χ4n) is 4.65. The van der Waals surface area contributed by atoms with E-state index in [1.165, 1.54) is 0 Å². The summed E-state index contributed by atoms with van der Waals surface area (Å²) in [6, 6.07) is 6.62. The first-order valence-electron chi connectivity index (χ1n) is 10.2. The van der Waals surface area contributed by atoms with Crippen molar-refractivity contribution in [1.29, 1.82) is 0 Å². The molecule has 0 saturated carbocycles. The van der Waals surface area contributed by atoms with Crippen molar-refractivity contribution < 1.29 is 13.2 Å². The number of nitrogens with zero attached hydrogens (tertiary/aromatic N) is 2. The number of carbonyl (C=O) groups excluding carboxylic acids is 1. The lowest BCUT2D eigenvalue weighted by Gasteiger charge is -2.26. The van der Waals surface area contributed by atoms with Crippen LogP contribution in [0.15, 0.2) is 29.2 Å². The Morgan fingerprint density at radius 2 is 1.63 bits per heavy atom. The van der Waals surface area contributed by atoms with E-state index in [0.29, 0.717) is 30.5 Å². The van der Waals surface area contributed by atoms with Crippen LogP contribution in [-0.2, 0) is 10.0 Å². The summed E-state index contributed by atoms with van der Waals surface area (Å²) in [4.78, 5) is 15.2. The molecule has 3 heterocycles. The molecular formula is C20H29N3O3S. The Balaban J connectivity index is 1.50. The minimum atomic E-state index is -3.51. The topological polar surface area (TPSA) is 69.7 Å². The lowest BCUT2D eigenvalue weighted by atomic mass is 9.92. The Kier molecular flexibility index (Phi) is 5.53. The van der Waals surface area contributed by atoms with Crippen molar-refractivity contribution in [3.05, 3.63) is 29.8 Å². The summed E-state index contributed by atoms with van der Waals surface area (Å²) >= 11 is 0. The van der Waals surface area contributed by atoms with Crippen molar-refractivity contribution in [3.63, 3.8) is 0 Å². The number of fused-ring (bicyclic) bond motifs is 1. The molecule has 0 aromatic heterocycles. The maximum atomic E-state index is 13.0. The summed E-state index contributed by atoms with van der Waals surface area (Å²) in [6.45, 7) is 4.76. The first-order valence-corrected chi connectivity index (χ1v) is 11.6. The molecule has 27 heavy (non-hydrogen) atoms. The predicted octanol–water partition coefficient (Wildman–Crippen LogP) is 1.93. The largest absolute Gasteiger partial charge is 0.339 e. The van der Waals surface area contributed by atoms with Crippen LogP contribution >= 0.6 is 0 Å². The highest BCUT2D eigenvalue weighted by Gasteiger charge is 2.32. The van der Waals surface area contributed by atoms with Gasteiger partial charge in [-0.25, -0.2) is 8.42 Å². The number of amides is 1. The van der Waals surface area contributed by atoms with Crippen LogP contribution in [0.4, 0.5) is 0 Å². The van der Waals surface area contributed by atoms with Gasteiger partial charge in [0.1, 0.15) is 0 Å². The van der Waals surface area contributed by atoms with Crippen LogP contribution in [0.3, 0.4) is 0 Å². The van der Waals surface area contributed by atoms with Crippen molar-refractivity contribution in [1.82, 2.24) is 14.5 Å². The normalized spacial score (nSPS) is 27.2. The van der Waals surface area contributed by atoms with E-state index in [0.717, 1.165) is 58.3 Å². The molecule has 1 aromatic rings. The molecule has 0 unspecified atom stereocenters. The molecule has 1 aromatic carbocycles. The second kappa shape index (κ2) is 7.89. The molecule has 0 bridgehead atoms. The molecule has 3 saturated heterocycles. The maximum absolute atomic E-state index is 13.0. The highest BCUT2D eigenvalue weighted by molar-refractivity contribution is 7.89. The van der Waals surface area contributed by atoms with Crippen molar-refractivity contribution in [2.24, 2.45) is 11.8 Å². The molecule has 148 valence electrons. The summed E-state index contributed by atoms with van der Waals surface area (Å²) in [5.41, 5.74) is 0.485. The van der Waals surface area contributed by atoms with E-state index in [9.17, 15) is 13.2 Å². The maximum Gasteiger partial charge on any atom is 0.253 e. The second-order valence-corrected chi connectivity index (χ2v) is 9.98. The molecule has 1 N–H and O–H groups in total. The van der Waals surface area contributed by atoms with Crippen molar-refractivity contribution in [3.8, 4) is 0 Å². The third-order valence-electron chi connectivity index (χ3n) is 6.34. The smallest absolute Gasteiger partial charge is 0.253 e. The number of hydrogen-bond acceptors (Lipinski definition) is 4. The summed E-state index contributed by atoms with van der Waals surface area (Å²) in [5, 5.41) is 3.45. The fourth-order valence-corrected chi connectivity index (χ4v) is 6.21. The summed E-state index contributed by atoms with van der Waals surface area (Å²) < 4.78 is 27.4. The summed E-state index contributed by atoms with van der Waals surface area (Å²) in [7, 11) is -3.51. The number of rotatable bonds is 3. The molecule has 0 radical (unpaired) electrons. The van der Waals surface area contributed by atoms with E-state index < -0.39 is 10.0 Å². The third-order valence-corrected chi connectivity index (χ3v) is 8.23. The standard InChI is InChI=1S/C20H29N3O3S/c24-20(22-11-7-17-14-21-15-18(17)8-12-22)16-5-4-6-19(13-16)27(25,26)23-9-2-1-3-10-23/h4-6,13,17-18,21H,1-3,7-12,14-15H2/t17-,18+. The van der Waals surface area contributed by atoms with E-state index >= 15 is 0 Å². The molecule has 7 heteroatoms. The van der Waals surface area contributed by atoms with Gasteiger partial charge in [-0.3, -0.25) is 4.79 Å². The number of carbonyl (C=O) groups is 1. The van der Waals surface area contributed by atoms with Crippen LogP contribution in [0.25, 0.3) is 0 Å². The van der Waals surface area contributed by atoms with Gasteiger partial charge >= 0.3 is 0 Å². The van der Waals surface area contributed by atoms with Crippen molar-refractivity contribution in [2.75, 3.05) is 39.3 Å². The quantitative estimate of drug-likeness (QED) is 0.855. The van der Waals surface area contributed by atoms with Gasteiger partial charge in [-0.1, -0.05) is 12.5 Å². The van der Waals surface area contributed by atoms with E-state index in [2.05, 4.69) is 5.32 Å². The fraction of sp³-hybridized carbons (Fsp3) is 0.650. The van der Waals surface area contributed by atoms with Gasteiger partial charge < -0.3 is 10.2 Å². The van der Waals surface area contributed by atoms with Crippen LogP contribution < -0.4 is 5.32 Å². The van der Waals surface area contributed by atoms with Crippen LogP contribution in [0.5, 0.6) is 0 Å². The number of benzene rings is 1. The zero-order valence-corrected chi connectivity index (χ0v) is 16.6. The van der Waals surface area contributed by atoms with E-state index in [1.54, 1.807) is 28.6 Å². The molecule has 0 aliphatic carbocycles. The molecule has 1 amide bonds. The Morgan fingerprint density at radius 3 is 2.30 bits per heavy atom. The zero-order chi connectivity index (χ0) is 18.9. The van der Waals surface area contributed by atoms with Crippen molar-refractivity contribution >= 4 is 15.9 Å². The summed E-state index contributed by atoms with van der Waals surface area (Å²) in [5.74, 6) is 1.28. The lowest BCUT2D eigenvalue weighted by molar-refractivity contribution is 0.0758. The Bertz CT molecular complexity index is 775. The van der Waals surface area contributed by atoms with Gasteiger partial charge in [-0.15, -0.1) is 0 Å².